The van der Waals surface area contributed by atoms with Crippen molar-refractivity contribution in [2.75, 3.05) is 6.61 Å². The Balaban J connectivity index is 2.87. The second-order valence-corrected chi connectivity index (χ2v) is 4.20. The van der Waals surface area contributed by atoms with Gasteiger partial charge in [0.1, 0.15) is 11.5 Å². The van der Waals surface area contributed by atoms with E-state index in [2.05, 4.69) is 5.16 Å². The Morgan fingerprint density at radius 3 is 2.64 bits per heavy atom. The Bertz CT molecular complexity index is 295. The van der Waals surface area contributed by atoms with E-state index in [-0.39, 0.29) is 17.4 Å². The number of ether oxygens (including phenoxy) is 1. The van der Waals surface area contributed by atoms with Gasteiger partial charge in [-0.2, -0.15) is 0 Å². The van der Waals surface area contributed by atoms with Gasteiger partial charge in [-0.15, -0.1) is 0 Å². The molecule has 4 heteroatoms. The zero-order valence-corrected chi connectivity index (χ0v) is 8.96. The predicted octanol–water partition coefficient (Wildman–Crippen LogP) is 1.54. The highest BCUT2D eigenvalue weighted by Crippen LogP contribution is 2.31. The molecule has 0 saturated carbocycles. The molecule has 0 saturated heterocycles. The smallest absolute Gasteiger partial charge is 0.268 e. The molecule has 0 bridgehead atoms. The molecule has 0 aromatic heterocycles. The standard InChI is InChI=1S/C10H15NO3/c1-5-13-9-7(6-12)8(14-11-9)10(2,3)4/h8H,5H2,1-4H3. The zero-order chi connectivity index (χ0) is 10.8. The lowest BCUT2D eigenvalue weighted by atomic mass is 9.85. The molecule has 1 rings (SSSR count). The third-order valence-corrected chi connectivity index (χ3v) is 1.91. The van der Waals surface area contributed by atoms with E-state index in [9.17, 15) is 4.79 Å². The van der Waals surface area contributed by atoms with Crippen molar-refractivity contribution in [2.45, 2.75) is 33.8 Å². The van der Waals surface area contributed by atoms with Crippen LogP contribution in [0.5, 0.6) is 0 Å². The Kier molecular flexibility index (Phi) is 2.96. The van der Waals surface area contributed by atoms with Gasteiger partial charge in [-0.25, -0.2) is 4.79 Å². The van der Waals surface area contributed by atoms with Gasteiger partial charge in [0.15, 0.2) is 6.10 Å². The molecule has 0 aromatic carbocycles. The van der Waals surface area contributed by atoms with Gasteiger partial charge in [-0.05, 0) is 12.1 Å². The summed E-state index contributed by atoms with van der Waals surface area (Å²) in [4.78, 5) is 15.9. The molecule has 4 nitrogen and oxygen atoms in total. The summed E-state index contributed by atoms with van der Waals surface area (Å²) in [5, 5.41) is 3.72. The number of nitrogens with zero attached hydrogens (tertiary/aromatic N) is 1. The van der Waals surface area contributed by atoms with Crippen molar-refractivity contribution >= 4 is 11.8 Å². The molecule has 0 amide bonds. The summed E-state index contributed by atoms with van der Waals surface area (Å²) in [6, 6.07) is 0. The molecule has 1 atom stereocenters. The Labute approximate surface area is 83.6 Å². The van der Waals surface area contributed by atoms with E-state index >= 15 is 0 Å². The summed E-state index contributed by atoms with van der Waals surface area (Å²) in [6.45, 7) is 8.21. The molecule has 0 spiro atoms. The van der Waals surface area contributed by atoms with Crippen LogP contribution in [0.3, 0.4) is 0 Å². The molecular formula is C10H15NO3. The zero-order valence-electron chi connectivity index (χ0n) is 8.96. The van der Waals surface area contributed by atoms with Crippen LogP contribution in [-0.4, -0.2) is 24.5 Å². The minimum Gasteiger partial charge on any atom is -0.475 e. The van der Waals surface area contributed by atoms with Crippen LogP contribution in [0.25, 0.3) is 0 Å². The van der Waals surface area contributed by atoms with Crippen molar-refractivity contribution in [3.63, 3.8) is 0 Å². The fourth-order valence-electron chi connectivity index (χ4n) is 1.24. The molecule has 14 heavy (non-hydrogen) atoms. The maximum absolute atomic E-state index is 10.7. The third-order valence-electron chi connectivity index (χ3n) is 1.91. The van der Waals surface area contributed by atoms with Crippen molar-refractivity contribution in [3.8, 4) is 0 Å². The van der Waals surface area contributed by atoms with Crippen LogP contribution in [0.1, 0.15) is 27.7 Å². The lowest BCUT2D eigenvalue weighted by Gasteiger charge is -2.23. The van der Waals surface area contributed by atoms with Gasteiger partial charge in [0.2, 0.25) is 0 Å². The van der Waals surface area contributed by atoms with E-state index in [1.807, 2.05) is 33.6 Å². The first-order valence-electron chi connectivity index (χ1n) is 4.62. The van der Waals surface area contributed by atoms with Crippen molar-refractivity contribution in [3.05, 3.63) is 5.57 Å². The molecule has 0 radical (unpaired) electrons. The molecule has 78 valence electrons. The average molecular weight is 197 g/mol. The van der Waals surface area contributed by atoms with Crippen LogP contribution < -0.4 is 0 Å². The van der Waals surface area contributed by atoms with Gasteiger partial charge >= 0.3 is 0 Å². The summed E-state index contributed by atoms with van der Waals surface area (Å²) in [5.74, 6) is 2.11. The van der Waals surface area contributed by atoms with Gasteiger partial charge in [0.05, 0.1) is 6.61 Å². The van der Waals surface area contributed by atoms with Gasteiger partial charge in [0, 0.05) is 5.41 Å². The molecule has 0 N–H and O–H groups in total. The maximum Gasteiger partial charge on any atom is 0.268 e. The summed E-state index contributed by atoms with van der Waals surface area (Å²) >= 11 is 0. The lowest BCUT2D eigenvalue weighted by Crippen LogP contribution is -2.29. The summed E-state index contributed by atoms with van der Waals surface area (Å²) < 4.78 is 5.16. The number of hydrogen-bond acceptors (Lipinski definition) is 4. The second kappa shape index (κ2) is 3.84. The van der Waals surface area contributed by atoms with Crippen molar-refractivity contribution in [1.29, 1.82) is 0 Å². The second-order valence-electron chi connectivity index (χ2n) is 4.20. The van der Waals surface area contributed by atoms with Crippen LogP contribution >= 0.6 is 0 Å². The molecule has 1 aliphatic heterocycles. The number of carbonyl (C=O) groups excluding carboxylic acids is 1. The number of rotatable bonds is 1. The molecular weight excluding hydrogens is 182 g/mol. The first-order chi connectivity index (χ1) is 6.50. The van der Waals surface area contributed by atoms with Crippen molar-refractivity contribution < 1.29 is 14.4 Å². The first-order valence-corrected chi connectivity index (χ1v) is 4.62. The largest absolute Gasteiger partial charge is 0.475 e. The van der Waals surface area contributed by atoms with E-state index in [0.717, 1.165) is 0 Å². The number of oxime groups is 1. The SMILES string of the molecule is CCOC1=NOC(C(C)(C)C)C1=C=O. The van der Waals surface area contributed by atoms with E-state index in [4.69, 9.17) is 9.57 Å². The number of hydrogen-bond donors (Lipinski definition) is 0. The molecule has 0 fully saturated rings. The third kappa shape index (κ3) is 1.96. The lowest BCUT2D eigenvalue weighted by molar-refractivity contribution is 0.0281. The van der Waals surface area contributed by atoms with Crippen LogP contribution in [0.2, 0.25) is 0 Å². The molecule has 0 aliphatic carbocycles. The van der Waals surface area contributed by atoms with Crippen molar-refractivity contribution in [1.82, 2.24) is 0 Å². The minimum absolute atomic E-state index is 0.185. The van der Waals surface area contributed by atoms with E-state index in [1.165, 1.54) is 0 Å². The van der Waals surface area contributed by atoms with Gasteiger partial charge in [-0.1, -0.05) is 20.8 Å². The van der Waals surface area contributed by atoms with E-state index in [1.54, 1.807) is 0 Å². The highest BCUT2D eigenvalue weighted by molar-refractivity contribution is 6.02. The molecule has 1 unspecified atom stereocenters. The highest BCUT2D eigenvalue weighted by atomic mass is 16.7. The summed E-state index contributed by atoms with van der Waals surface area (Å²) in [5.41, 5.74) is 0.189. The average Bonchev–Trinajstić information content (AvgIpc) is 2.47. The molecule has 1 aliphatic rings. The Morgan fingerprint density at radius 2 is 2.21 bits per heavy atom. The van der Waals surface area contributed by atoms with Crippen LogP contribution in [-0.2, 0) is 14.4 Å². The minimum atomic E-state index is -0.360. The molecule has 0 aromatic rings. The quantitative estimate of drug-likeness (QED) is 0.599. The maximum atomic E-state index is 10.7. The topological polar surface area (TPSA) is 47.9 Å². The van der Waals surface area contributed by atoms with Crippen LogP contribution in [0, 0.1) is 5.41 Å². The van der Waals surface area contributed by atoms with Gasteiger partial charge in [-0.3, -0.25) is 0 Å². The monoisotopic (exact) mass is 197 g/mol. The normalized spacial score (nSPS) is 21.3. The van der Waals surface area contributed by atoms with Crippen LogP contribution in [0.15, 0.2) is 10.7 Å². The fraction of sp³-hybridized carbons (Fsp3) is 0.700. The van der Waals surface area contributed by atoms with E-state index in [0.29, 0.717) is 12.2 Å². The highest BCUT2D eigenvalue weighted by Gasteiger charge is 2.39. The van der Waals surface area contributed by atoms with Crippen molar-refractivity contribution in [2.24, 2.45) is 10.6 Å². The Morgan fingerprint density at radius 1 is 1.57 bits per heavy atom. The predicted molar refractivity (Wildman–Crippen MR) is 52.6 cm³/mol. The summed E-state index contributed by atoms with van der Waals surface area (Å²) in [7, 11) is 0. The van der Waals surface area contributed by atoms with Crippen LogP contribution in [0.4, 0.5) is 0 Å². The van der Waals surface area contributed by atoms with Gasteiger partial charge < -0.3 is 9.57 Å². The summed E-state index contributed by atoms with van der Waals surface area (Å²) in [6.07, 6.45) is -0.360. The van der Waals surface area contributed by atoms with E-state index < -0.39 is 0 Å². The fourth-order valence-corrected chi connectivity index (χ4v) is 1.24. The van der Waals surface area contributed by atoms with Gasteiger partial charge in [0.25, 0.3) is 5.90 Å². The molecule has 1 heterocycles. The first kappa shape index (κ1) is 10.8. The Hall–Kier alpha value is -1.28.